The number of aliphatic carboxylic acids is 2. The average molecular weight is 611 g/mol. The summed E-state index contributed by atoms with van der Waals surface area (Å²) in [5.41, 5.74) is 0.790. The summed E-state index contributed by atoms with van der Waals surface area (Å²) in [6.07, 6.45) is -0.667. The Labute approximate surface area is 260 Å². The normalized spacial score (nSPS) is 12.9. The van der Waals surface area contributed by atoms with Crippen LogP contribution < -0.4 is 10.6 Å². The highest BCUT2D eigenvalue weighted by molar-refractivity contribution is 8.13. The minimum atomic E-state index is -2.10. The molecule has 0 heterocycles. The van der Waals surface area contributed by atoms with Crippen LogP contribution in [0.3, 0.4) is 0 Å². The number of thioether (sulfide) groups is 1. The highest BCUT2D eigenvalue weighted by Gasteiger charge is 2.42. The molecule has 4 aromatic rings. The molecule has 4 aromatic carbocycles. The Bertz CT molecular complexity index is 1500. The number of para-hydroxylation sites is 1. The maximum atomic E-state index is 13.9. The highest BCUT2D eigenvalue weighted by Crippen LogP contribution is 2.31. The van der Waals surface area contributed by atoms with Gasteiger partial charge in [-0.25, -0.2) is 4.79 Å². The van der Waals surface area contributed by atoms with E-state index >= 15 is 0 Å². The van der Waals surface area contributed by atoms with Gasteiger partial charge < -0.3 is 20.8 Å². The van der Waals surface area contributed by atoms with Gasteiger partial charge in [0, 0.05) is 24.3 Å². The molecule has 9 heteroatoms. The third kappa shape index (κ3) is 8.81. The maximum absolute atomic E-state index is 13.9. The summed E-state index contributed by atoms with van der Waals surface area (Å²) in [6.45, 7) is 0. The van der Waals surface area contributed by atoms with Crippen molar-refractivity contribution in [2.75, 3.05) is 11.1 Å². The molecule has 4 N–H and O–H groups in total. The summed E-state index contributed by atoms with van der Waals surface area (Å²) in [5.74, 6) is -4.52. The minimum absolute atomic E-state index is 0.0791. The molecule has 0 radical (unpaired) electrons. The van der Waals surface area contributed by atoms with Crippen molar-refractivity contribution in [3.05, 3.63) is 138 Å². The number of carboxylic acid groups (broad SMARTS) is 2. The van der Waals surface area contributed by atoms with Crippen LogP contribution in [0.1, 0.15) is 35.4 Å². The number of hydrogen-bond donors (Lipinski definition) is 4. The fourth-order valence-corrected chi connectivity index (χ4v) is 5.97. The summed E-state index contributed by atoms with van der Waals surface area (Å²) in [6, 6.07) is 36.5. The van der Waals surface area contributed by atoms with Gasteiger partial charge >= 0.3 is 11.9 Å². The number of benzene rings is 4. The van der Waals surface area contributed by atoms with Crippen LogP contribution in [0.25, 0.3) is 0 Å². The van der Waals surface area contributed by atoms with Crippen molar-refractivity contribution in [2.24, 2.45) is 5.92 Å². The topological polar surface area (TPSA) is 133 Å². The van der Waals surface area contributed by atoms with Gasteiger partial charge in [-0.15, -0.1) is 0 Å². The molecule has 8 nitrogen and oxygen atoms in total. The molecule has 0 saturated carbocycles. The number of hydrogen-bond acceptors (Lipinski definition) is 6. The number of amides is 1. The summed E-state index contributed by atoms with van der Waals surface area (Å²) < 4.78 is 0. The molecule has 0 fully saturated rings. The lowest BCUT2D eigenvalue weighted by molar-refractivity contribution is -0.148. The van der Waals surface area contributed by atoms with Crippen LogP contribution in [0.5, 0.6) is 0 Å². The van der Waals surface area contributed by atoms with E-state index in [1.807, 2.05) is 91.0 Å². The fraction of sp³-hybridized carbons (Fsp3) is 0.200. The molecule has 0 aliphatic heterocycles. The SMILES string of the molecule is O=C(O)CC[C@@](NC(=O)[C@@H](CSC(=O)C(c1ccccc1)c1ccccc1)Cc1ccccc1)(Nc1ccccc1)C(=O)O. The quantitative estimate of drug-likeness (QED) is 0.124. The zero-order valence-electron chi connectivity index (χ0n) is 24.0. The van der Waals surface area contributed by atoms with Crippen molar-refractivity contribution in [1.29, 1.82) is 0 Å². The van der Waals surface area contributed by atoms with Crippen molar-refractivity contribution in [1.82, 2.24) is 5.32 Å². The molecule has 0 aliphatic rings. The van der Waals surface area contributed by atoms with Crippen molar-refractivity contribution >= 4 is 40.4 Å². The van der Waals surface area contributed by atoms with Crippen molar-refractivity contribution in [2.45, 2.75) is 30.8 Å². The van der Waals surface area contributed by atoms with Crippen LogP contribution in [-0.4, -0.2) is 44.6 Å². The van der Waals surface area contributed by atoms with Crippen molar-refractivity contribution < 1.29 is 29.4 Å². The van der Waals surface area contributed by atoms with Gasteiger partial charge in [-0.05, 0) is 35.2 Å². The van der Waals surface area contributed by atoms with Gasteiger partial charge in [0.25, 0.3) is 0 Å². The van der Waals surface area contributed by atoms with Gasteiger partial charge in [0.1, 0.15) is 0 Å². The molecule has 0 aliphatic carbocycles. The van der Waals surface area contributed by atoms with E-state index in [2.05, 4.69) is 10.6 Å². The number of carbonyl (C=O) groups excluding carboxylic acids is 2. The Hall–Kier alpha value is -4.89. The molecule has 1 amide bonds. The van der Waals surface area contributed by atoms with Gasteiger partial charge in [-0.1, -0.05) is 121 Å². The van der Waals surface area contributed by atoms with Crippen LogP contribution in [0.2, 0.25) is 0 Å². The Balaban J connectivity index is 1.62. The van der Waals surface area contributed by atoms with Crippen LogP contribution in [0.4, 0.5) is 5.69 Å². The first-order valence-electron chi connectivity index (χ1n) is 14.2. The summed E-state index contributed by atoms with van der Waals surface area (Å²) in [7, 11) is 0. The molecular weight excluding hydrogens is 576 g/mol. The standard InChI is InChI=1S/C35H34N2O6S/c38-30(39)21-22-35(34(42)43,36-29-19-11-4-12-20-29)37-32(40)28(23-25-13-5-1-6-14-25)24-44-33(41)31(26-15-7-2-8-16-26)27-17-9-3-10-18-27/h1-20,28,31,36H,21-24H2,(H,37,40)(H,38,39)(H,42,43)/t28-,35+/m1/s1. The van der Waals surface area contributed by atoms with Crippen molar-refractivity contribution in [3.63, 3.8) is 0 Å². The van der Waals surface area contributed by atoms with E-state index in [1.165, 1.54) is 0 Å². The van der Waals surface area contributed by atoms with Gasteiger partial charge in [-0.2, -0.15) is 0 Å². The highest BCUT2D eigenvalue weighted by atomic mass is 32.2. The molecule has 0 spiro atoms. The van der Waals surface area contributed by atoms with E-state index in [4.69, 9.17) is 0 Å². The number of carboxylic acids is 2. The van der Waals surface area contributed by atoms with E-state index < -0.39 is 48.2 Å². The van der Waals surface area contributed by atoms with Crippen LogP contribution in [0, 0.1) is 5.92 Å². The largest absolute Gasteiger partial charge is 0.481 e. The Kier molecular flexibility index (Phi) is 11.3. The molecular formula is C35H34N2O6S. The van der Waals surface area contributed by atoms with E-state index in [-0.39, 0.29) is 17.3 Å². The zero-order chi connectivity index (χ0) is 31.4. The lowest BCUT2D eigenvalue weighted by Crippen LogP contribution is -2.61. The predicted octanol–water partition coefficient (Wildman–Crippen LogP) is 5.81. The molecule has 2 atom stereocenters. The first-order chi connectivity index (χ1) is 21.3. The zero-order valence-corrected chi connectivity index (χ0v) is 24.8. The second kappa shape index (κ2) is 15.5. The fourth-order valence-electron chi connectivity index (χ4n) is 4.89. The van der Waals surface area contributed by atoms with E-state index in [0.29, 0.717) is 5.69 Å². The molecule has 4 rings (SSSR count). The molecule has 0 saturated heterocycles. The van der Waals surface area contributed by atoms with E-state index in [1.54, 1.807) is 30.3 Å². The van der Waals surface area contributed by atoms with Gasteiger partial charge in [-0.3, -0.25) is 14.4 Å². The second-order valence-electron chi connectivity index (χ2n) is 10.4. The molecule has 226 valence electrons. The third-order valence-electron chi connectivity index (χ3n) is 7.17. The van der Waals surface area contributed by atoms with Crippen LogP contribution >= 0.6 is 11.8 Å². The van der Waals surface area contributed by atoms with E-state index in [9.17, 15) is 29.4 Å². The number of rotatable bonds is 15. The smallest absolute Gasteiger partial charge is 0.350 e. The summed E-state index contributed by atoms with van der Waals surface area (Å²) in [5, 5.41) is 25.0. The first-order valence-corrected chi connectivity index (χ1v) is 15.2. The average Bonchev–Trinajstić information content (AvgIpc) is 3.04. The Morgan fingerprint density at radius 1 is 0.705 bits per heavy atom. The number of nitrogens with one attached hydrogen (secondary N) is 2. The second-order valence-corrected chi connectivity index (χ2v) is 11.4. The first kappa shape index (κ1) is 32.0. The van der Waals surface area contributed by atoms with Gasteiger partial charge in [0.15, 0.2) is 0 Å². The molecule has 0 unspecified atom stereocenters. The van der Waals surface area contributed by atoms with E-state index in [0.717, 1.165) is 28.5 Å². The predicted molar refractivity (Wildman–Crippen MR) is 171 cm³/mol. The molecule has 0 aromatic heterocycles. The monoisotopic (exact) mass is 610 g/mol. The Morgan fingerprint density at radius 3 is 1.70 bits per heavy atom. The van der Waals surface area contributed by atoms with Crippen molar-refractivity contribution in [3.8, 4) is 0 Å². The minimum Gasteiger partial charge on any atom is -0.481 e. The number of anilines is 1. The van der Waals surface area contributed by atoms with Crippen LogP contribution in [0.15, 0.2) is 121 Å². The summed E-state index contributed by atoms with van der Waals surface area (Å²) >= 11 is 1.02. The summed E-state index contributed by atoms with van der Waals surface area (Å²) in [4.78, 5) is 51.9. The third-order valence-corrected chi connectivity index (χ3v) is 8.26. The van der Waals surface area contributed by atoms with Crippen LogP contribution in [-0.2, 0) is 25.6 Å². The molecule has 44 heavy (non-hydrogen) atoms. The lowest BCUT2D eigenvalue weighted by atomic mass is 9.92. The number of carbonyl (C=O) groups is 4. The lowest BCUT2D eigenvalue weighted by Gasteiger charge is -2.33. The Morgan fingerprint density at radius 2 is 1.20 bits per heavy atom. The van der Waals surface area contributed by atoms with Gasteiger partial charge in [0.05, 0.1) is 11.8 Å². The molecule has 0 bridgehead atoms. The van der Waals surface area contributed by atoms with Gasteiger partial charge in [0.2, 0.25) is 16.7 Å². The maximum Gasteiger partial charge on any atom is 0.350 e.